The molecule has 0 radical (unpaired) electrons. The van der Waals surface area contributed by atoms with Crippen molar-refractivity contribution in [1.82, 2.24) is 5.32 Å². The third-order valence-corrected chi connectivity index (χ3v) is 3.01. The first-order valence-electron chi connectivity index (χ1n) is 6.03. The summed E-state index contributed by atoms with van der Waals surface area (Å²) in [5.41, 5.74) is -0.633. The number of aliphatic imine (C=N–C) groups is 3. The van der Waals surface area contributed by atoms with Crippen LogP contribution in [0.3, 0.4) is 0 Å². The molecular weight excluding hydrogens is 248 g/mol. The van der Waals surface area contributed by atoms with Gasteiger partial charge in [0.15, 0.2) is 17.4 Å². The standard InChI is InChI=1S/C12H16N4O3/c1-6(2)5-12(3,19-4)10-13-7-8(14-10)15-11(18)16-9(7)17/h6H,5H2,1-4H3,(H,16,17,18). The van der Waals surface area contributed by atoms with Crippen LogP contribution in [0.4, 0.5) is 4.79 Å². The predicted octanol–water partition coefficient (Wildman–Crippen LogP) is 0.939. The second kappa shape index (κ2) is 4.65. The van der Waals surface area contributed by atoms with Crippen molar-refractivity contribution in [2.75, 3.05) is 7.11 Å². The van der Waals surface area contributed by atoms with Crippen molar-refractivity contribution >= 4 is 29.3 Å². The molecule has 3 amide bonds. The molecule has 1 N–H and O–H groups in total. The predicted molar refractivity (Wildman–Crippen MR) is 70.7 cm³/mol. The quantitative estimate of drug-likeness (QED) is 0.818. The lowest BCUT2D eigenvalue weighted by Gasteiger charge is -2.28. The van der Waals surface area contributed by atoms with E-state index in [0.717, 1.165) is 0 Å². The smallest absolute Gasteiger partial charge is 0.350 e. The number of carbonyl (C=O) groups is 2. The van der Waals surface area contributed by atoms with Gasteiger partial charge < -0.3 is 4.74 Å². The van der Waals surface area contributed by atoms with Gasteiger partial charge in [0.1, 0.15) is 5.60 Å². The lowest BCUT2D eigenvalue weighted by molar-refractivity contribution is -0.113. The summed E-state index contributed by atoms with van der Waals surface area (Å²) in [5.74, 6) is 0.239. The van der Waals surface area contributed by atoms with Crippen LogP contribution < -0.4 is 5.32 Å². The Bertz CT molecular complexity index is 533. The molecule has 102 valence electrons. The van der Waals surface area contributed by atoms with Crippen molar-refractivity contribution in [3.05, 3.63) is 0 Å². The summed E-state index contributed by atoms with van der Waals surface area (Å²) in [6.07, 6.45) is 0.696. The van der Waals surface area contributed by atoms with E-state index in [0.29, 0.717) is 18.2 Å². The zero-order valence-electron chi connectivity index (χ0n) is 11.4. The molecule has 19 heavy (non-hydrogen) atoms. The fourth-order valence-corrected chi connectivity index (χ4v) is 2.13. The number of rotatable bonds is 4. The summed E-state index contributed by atoms with van der Waals surface area (Å²) in [5, 5.41) is 2.07. The van der Waals surface area contributed by atoms with E-state index >= 15 is 0 Å². The lowest BCUT2D eigenvalue weighted by atomic mass is 9.93. The van der Waals surface area contributed by atoms with E-state index in [9.17, 15) is 9.59 Å². The molecule has 2 aliphatic heterocycles. The Balaban J connectivity index is 2.38. The molecule has 1 atom stereocenters. The van der Waals surface area contributed by atoms with Gasteiger partial charge >= 0.3 is 6.03 Å². The molecule has 2 aliphatic rings. The lowest BCUT2D eigenvalue weighted by Crippen LogP contribution is -2.42. The second-order valence-corrected chi connectivity index (χ2v) is 5.12. The number of amides is 3. The molecule has 7 heteroatoms. The maximum Gasteiger partial charge on any atom is 0.350 e. The van der Waals surface area contributed by atoms with Crippen LogP contribution in [-0.4, -0.2) is 42.0 Å². The van der Waals surface area contributed by atoms with Gasteiger partial charge in [0.2, 0.25) is 0 Å². The number of imide groups is 1. The molecule has 2 rings (SSSR count). The minimum absolute atomic E-state index is 0.0655. The molecule has 0 aliphatic carbocycles. The summed E-state index contributed by atoms with van der Waals surface area (Å²) >= 11 is 0. The number of carbonyl (C=O) groups excluding carboxylic acids is 2. The zero-order chi connectivity index (χ0) is 14.2. The number of ether oxygens (including phenoxy) is 1. The number of nitrogens with zero attached hydrogens (tertiary/aromatic N) is 3. The summed E-state index contributed by atoms with van der Waals surface area (Å²) in [4.78, 5) is 34.7. The van der Waals surface area contributed by atoms with Gasteiger partial charge in [-0.1, -0.05) is 13.8 Å². The monoisotopic (exact) mass is 264 g/mol. The zero-order valence-corrected chi connectivity index (χ0v) is 11.4. The van der Waals surface area contributed by atoms with Crippen LogP contribution in [0.25, 0.3) is 0 Å². The van der Waals surface area contributed by atoms with Crippen molar-refractivity contribution in [1.29, 1.82) is 0 Å². The molecule has 0 fully saturated rings. The molecule has 1 unspecified atom stereocenters. The van der Waals surface area contributed by atoms with Crippen LogP contribution in [0, 0.1) is 5.92 Å². The largest absolute Gasteiger partial charge is 0.371 e. The van der Waals surface area contributed by atoms with Gasteiger partial charge in [-0.2, -0.15) is 4.99 Å². The fraction of sp³-hybridized carbons (Fsp3) is 0.583. The Labute approximate surface area is 110 Å². The van der Waals surface area contributed by atoms with Crippen molar-refractivity contribution in [2.24, 2.45) is 20.9 Å². The summed E-state index contributed by atoms with van der Waals surface area (Å²) < 4.78 is 5.49. The highest BCUT2D eigenvalue weighted by molar-refractivity contribution is 6.72. The van der Waals surface area contributed by atoms with Gasteiger partial charge in [-0.15, -0.1) is 0 Å². The van der Waals surface area contributed by atoms with E-state index in [1.165, 1.54) is 0 Å². The van der Waals surface area contributed by atoms with Crippen molar-refractivity contribution < 1.29 is 14.3 Å². The van der Waals surface area contributed by atoms with E-state index < -0.39 is 17.5 Å². The van der Waals surface area contributed by atoms with Gasteiger partial charge in [0.05, 0.1) is 0 Å². The summed E-state index contributed by atoms with van der Waals surface area (Å²) in [6, 6.07) is -0.716. The number of nitrogens with one attached hydrogen (secondary N) is 1. The number of hydrogen-bond donors (Lipinski definition) is 1. The number of hydrogen-bond acceptors (Lipinski definition) is 5. The van der Waals surface area contributed by atoms with Crippen molar-refractivity contribution in [3.8, 4) is 0 Å². The fourth-order valence-electron chi connectivity index (χ4n) is 2.13. The minimum Gasteiger partial charge on any atom is -0.371 e. The van der Waals surface area contributed by atoms with Crippen LogP contribution in [0.2, 0.25) is 0 Å². The molecule has 0 spiro atoms. The number of methoxy groups -OCH3 is 1. The van der Waals surface area contributed by atoms with E-state index in [4.69, 9.17) is 4.74 Å². The number of amidine groups is 2. The van der Waals surface area contributed by atoms with Gasteiger partial charge in [-0.05, 0) is 19.3 Å². The van der Waals surface area contributed by atoms with E-state index in [-0.39, 0.29) is 11.5 Å². The van der Waals surface area contributed by atoms with Crippen molar-refractivity contribution in [3.63, 3.8) is 0 Å². The van der Waals surface area contributed by atoms with Crippen LogP contribution in [0.5, 0.6) is 0 Å². The van der Waals surface area contributed by atoms with Crippen LogP contribution in [-0.2, 0) is 9.53 Å². The van der Waals surface area contributed by atoms with Gasteiger partial charge in [0.25, 0.3) is 5.91 Å². The van der Waals surface area contributed by atoms with Crippen LogP contribution in [0.1, 0.15) is 27.2 Å². The average Bonchev–Trinajstić information content (AvgIpc) is 2.72. The Kier molecular flexibility index (Phi) is 3.32. The first-order chi connectivity index (χ1) is 8.85. The molecular formula is C12H16N4O3. The molecule has 0 aromatic carbocycles. The topological polar surface area (TPSA) is 92.5 Å². The molecule has 7 nitrogen and oxygen atoms in total. The summed E-state index contributed by atoms with van der Waals surface area (Å²) in [6.45, 7) is 5.97. The normalized spacial score (nSPS) is 21.4. The third kappa shape index (κ3) is 2.46. The minimum atomic E-state index is -0.716. The van der Waals surface area contributed by atoms with E-state index in [2.05, 4.69) is 34.1 Å². The van der Waals surface area contributed by atoms with Gasteiger partial charge in [-0.25, -0.2) is 14.8 Å². The molecule has 0 aromatic rings. The van der Waals surface area contributed by atoms with Gasteiger partial charge in [-0.3, -0.25) is 10.1 Å². The maximum absolute atomic E-state index is 11.6. The Hall–Kier alpha value is -1.89. The first kappa shape index (κ1) is 13.5. The SMILES string of the molecule is COC(C)(CC(C)C)C1=NC2=NC(=O)NC(=O)C2=N1. The van der Waals surface area contributed by atoms with E-state index in [1.54, 1.807) is 7.11 Å². The Morgan fingerprint density at radius 3 is 2.53 bits per heavy atom. The number of fused-ring (bicyclic) bond motifs is 1. The molecule has 0 bridgehead atoms. The Morgan fingerprint density at radius 1 is 1.26 bits per heavy atom. The Morgan fingerprint density at radius 2 is 1.95 bits per heavy atom. The highest BCUT2D eigenvalue weighted by Crippen LogP contribution is 2.25. The van der Waals surface area contributed by atoms with Crippen LogP contribution >= 0.6 is 0 Å². The van der Waals surface area contributed by atoms with Crippen LogP contribution in [0.15, 0.2) is 15.0 Å². The van der Waals surface area contributed by atoms with E-state index in [1.807, 2.05) is 6.92 Å². The molecule has 2 heterocycles. The van der Waals surface area contributed by atoms with Crippen molar-refractivity contribution in [2.45, 2.75) is 32.8 Å². The highest BCUT2D eigenvalue weighted by atomic mass is 16.5. The maximum atomic E-state index is 11.6. The first-order valence-corrected chi connectivity index (χ1v) is 6.03. The average molecular weight is 264 g/mol. The van der Waals surface area contributed by atoms with Gasteiger partial charge in [0, 0.05) is 7.11 Å². The summed E-state index contributed by atoms with van der Waals surface area (Å²) in [7, 11) is 1.57. The molecule has 0 saturated carbocycles. The number of urea groups is 1. The highest BCUT2D eigenvalue weighted by Gasteiger charge is 2.39. The molecule has 0 saturated heterocycles. The molecule has 0 aromatic heterocycles. The third-order valence-electron chi connectivity index (χ3n) is 3.01. The second-order valence-electron chi connectivity index (χ2n) is 5.12.